The van der Waals surface area contributed by atoms with Crippen LogP contribution >= 0.6 is 11.6 Å². The smallest absolute Gasteiger partial charge is 0.264 e. The number of ether oxygens (including phenoxy) is 1. The normalized spacial score (nSPS) is 11.3. The minimum Gasteiger partial charge on any atom is -0.488 e. The Morgan fingerprint density at radius 3 is 2.47 bits per heavy atom. The summed E-state index contributed by atoms with van der Waals surface area (Å²) in [7, 11) is -3.98. The lowest BCUT2D eigenvalue weighted by Crippen LogP contribution is -2.28. The van der Waals surface area contributed by atoms with E-state index in [1.54, 1.807) is 18.2 Å². The molecule has 0 fully saturated rings. The van der Waals surface area contributed by atoms with Gasteiger partial charge in [-0.2, -0.15) is 0 Å². The Kier molecular flexibility index (Phi) is 6.77. The monoisotopic (exact) mass is 494 g/mol. The molecule has 8 heteroatoms. The van der Waals surface area contributed by atoms with E-state index in [1.165, 1.54) is 12.1 Å². The number of halogens is 1. The first-order valence-corrected chi connectivity index (χ1v) is 12.4. The lowest BCUT2D eigenvalue weighted by atomic mass is 10.1. The summed E-state index contributed by atoms with van der Waals surface area (Å²) < 4.78 is 35.2. The van der Waals surface area contributed by atoms with Gasteiger partial charge in [-0.05, 0) is 61.0 Å². The molecule has 0 saturated heterocycles. The molecule has 0 saturated carbocycles. The van der Waals surface area contributed by atoms with E-state index in [2.05, 4.69) is 0 Å². The average molecular weight is 495 g/mol. The SMILES string of the molecule is CC(=O)NS(=O)(=O)c1cccc(-n2c(C)ccc2-c2cc(Cl)ccc2OCc2ccccc2)c1. The highest BCUT2D eigenvalue weighted by Gasteiger charge is 2.19. The number of hydrogen-bond acceptors (Lipinski definition) is 4. The molecule has 3 aromatic carbocycles. The fourth-order valence-electron chi connectivity index (χ4n) is 3.69. The lowest BCUT2D eigenvalue weighted by molar-refractivity contribution is -0.117. The van der Waals surface area contributed by atoms with Gasteiger partial charge in [0.25, 0.3) is 10.0 Å². The van der Waals surface area contributed by atoms with Crippen molar-refractivity contribution in [3.8, 4) is 22.7 Å². The molecule has 0 spiro atoms. The number of hydrogen-bond donors (Lipinski definition) is 1. The van der Waals surface area contributed by atoms with Crippen molar-refractivity contribution in [2.45, 2.75) is 25.3 Å². The van der Waals surface area contributed by atoms with Gasteiger partial charge in [0, 0.05) is 28.9 Å². The molecule has 34 heavy (non-hydrogen) atoms. The van der Waals surface area contributed by atoms with Crippen molar-refractivity contribution < 1.29 is 17.9 Å². The molecule has 1 aromatic heterocycles. The van der Waals surface area contributed by atoms with Crippen LogP contribution in [-0.4, -0.2) is 18.9 Å². The van der Waals surface area contributed by atoms with Gasteiger partial charge in [0.15, 0.2) is 0 Å². The third-order valence-corrected chi connectivity index (χ3v) is 6.86. The van der Waals surface area contributed by atoms with E-state index in [-0.39, 0.29) is 4.90 Å². The van der Waals surface area contributed by atoms with Crippen LogP contribution in [0.15, 0.2) is 89.8 Å². The maximum atomic E-state index is 12.5. The van der Waals surface area contributed by atoms with E-state index in [1.807, 2.05) is 70.8 Å². The number of aromatic nitrogens is 1. The second-order valence-corrected chi connectivity index (χ2v) is 9.89. The Morgan fingerprint density at radius 2 is 1.74 bits per heavy atom. The van der Waals surface area contributed by atoms with Gasteiger partial charge in [0.05, 0.1) is 10.6 Å². The van der Waals surface area contributed by atoms with Crippen LogP contribution in [0.2, 0.25) is 5.02 Å². The fourth-order valence-corrected chi connectivity index (χ4v) is 4.90. The Morgan fingerprint density at radius 1 is 0.971 bits per heavy atom. The molecule has 4 aromatic rings. The van der Waals surface area contributed by atoms with E-state index in [0.717, 1.165) is 29.4 Å². The van der Waals surface area contributed by atoms with Crippen molar-refractivity contribution in [1.82, 2.24) is 9.29 Å². The Hall–Kier alpha value is -3.55. The first kappa shape index (κ1) is 23.6. The Bertz CT molecular complexity index is 1450. The third kappa shape index (κ3) is 5.16. The quantitative estimate of drug-likeness (QED) is 0.367. The largest absolute Gasteiger partial charge is 0.488 e. The van der Waals surface area contributed by atoms with Gasteiger partial charge in [-0.25, -0.2) is 13.1 Å². The van der Waals surface area contributed by atoms with Crippen LogP contribution in [0.4, 0.5) is 0 Å². The molecule has 1 amide bonds. The zero-order chi connectivity index (χ0) is 24.3. The molecule has 0 unspecified atom stereocenters. The highest BCUT2D eigenvalue weighted by Crippen LogP contribution is 2.36. The molecule has 4 rings (SSSR count). The highest BCUT2D eigenvalue weighted by molar-refractivity contribution is 7.90. The summed E-state index contributed by atoms with van der Waals surface area (Å²) in [6.07, 6.45) is 0. The standard InChI is InChI=1S/C26H23ClN2O4S/c1-18-11-13-25(29(18)22-9-6-10-23(16-22)34(31,32)28-19(2)30)24-15-21(27)12-14-26(24)33-17-20-7-4-3-5-8-20/h3-16H,17H2,1-2H3,(H,28,30). The topological polar surface area (TPSA) is 77.4 Å². The number of rotatable bonds is 7. The van der Waals surface area contributed by atoms with Gasteiger partial charge < -0.3 is 9.30 Å². The van der Waals surface area contributed by atoms with Gasteiger partial charge in [0.1, 0.15) is 12.4 Å². The van der Waals surface area contributed by atoms with Crippen LogP contribution in [0.5, 0.6) is 5.75 Å². The molecule has 174 valence electrons. The van der Waals surface area contributed by atoms with Crippen LogP contribution in [0.25, 0.3) is 16.9 Å². The van der Waals surface area contributed by atoms with Crippen LogP contribution in [0.3, 0.4) is 0 Å². The minimum absolute atomic E-state index is 0.00843. The van der Waals surface area contributed by atoms with Gasteiger partial charge >= 0.3 is 0 Å². The molecule has 0 aliphatic rings. The van der Waals surface area contributed by atoms with E-state index in [0.29, 0.717) is 23.1 Å². The highest BCUT2D eigenvalue weighted by atomic mass is 35.5. The molecule has 0 bridgehead atoms. The molecule has 1 N–H and O–H groups in total. The molecule has 6 nitrogen and oxygen atoms in total. The fraction of sp³-hybridized carbons (Fsp3) is 0.115. The number of amides is 1. The van der Waals surface area contributed by atoms with Crippen LogP contribution in [0.1, 0.15) is 18.2 Å². The maximum Gasteiger partial charge on any atom is 0.264 e. The third-order valence-electron chi connectivity index (χ3n) is 5.19. The van der Waals surface area contributed by atoms with Crippen molar-refractivity contribution >= 4 is 27.5 Å². The number of nitrogens with zero attached hydrogens (tertiary/aromatic N) is 1. The van der Waals surface area contributed by atoms with Gasteiger partial charge in [-0.1, -0.05) is 48.0 Å². The van der Waals surface area contributed by atoms with Gasteiger partial charge in [0.2, 0.25) is 5.91 Å². The van der Waals surface area contributed by atoms with Crippen molar-refractivity contribution in [1.29, 1.82) is 0 Å². The number of carbonyl (C=O) groups is 1. The zero-order valence-electron chi connectivity index (χ0n) is 18.7. The van der Waals surface area contributed by atoms with Crippen molar-refractivity contribution in [2.75, 3.05) is 0 Å². The summed E-state index contributed by atoms with van der Waals surface area (Å²) in [6.45, 7) is 3.47. The predicted molar refractivity (Wildman–Crippen MR) is 133 cm³/mol. The Balaban J connectivity index is 1.77. The first-order chi connectivity index (χ1) is 16.2. The average Bonchev–Trinajstić information content (AvgIpc) is 3.19. The van der Waals surface area contributed by atoms with E-state index < -0.39 is 15.9 Å². The second-order valence-electron chi connectivity index (χ2n) is 7.77. The van der Waals surface area contributed by atoms with Crippen molar-refractivity contribution in [3.63, 3.8) is 0 Å². The first-order valence-electron chi connectivity index (χ1n) is 10.5. The summed E-state index contributed by atoms with van der Waals surface area (Å²) in [5.41, 5.74) is 4.10. The summed E-state index contributed by atoms with van der Waals surface area (Å²) in [6, 6.07) is 25.5. The lowest BCUT2D eigenvalue weighted by Gasteiger charge is -2.17. The molecule has 0 radical (unpaired) electrons. The van der Waals surface area contributed by atoms with Crippen LogP contribution in [0, 0.1) is 6.92 Å². The number of sulfonamides is 1. The molecule has 0 aliphatic heterocycles. The van der Waals surface area contributed by atoms with Gasteiger partial charge in [-0.15, -0.1) is 0 Å². The molecule has 1 heterocycles. The molecule has 0 atom stereocenters. The summed E-state index contributed by atoms with van der Waals surface area (Å²) in [4.78, 5) is 11.3. The van der Waals surface area contributed by atoms with Crippen LogP contribution in [-0.2, 0) is 21.4 Å². The summed E-state index contributed by atoms with van der Waals surface area (Å²) >= 11 is 6.34. The number of aryl methyl sites for hydroxylation is 1. The number of carbonyl (C=O) groups excluding carboxylic acids is 1. The summed E-state index contributed by atoms with van der Waals surface area (Å²) in [5, 5.41) is 0.550. The minimum atomic E-state index is -3.98. The number of nitrogens with one attached hydrogen (secondary N) is 1. The Labute approximate surface area is 203 Å². The zero-order valence-corrected chi connectivity index (χ0v) is 20.2. The molecule has 0 aliphatic carbocycles. The number of benzene rings is 3. The second kappa shape index (κ2) is 9.75. The molecular formula is C26H23ClN2O4S. The molecular weight excluding hydrogens is 472 g/mol. The maximum absolute atomic E-state index is 12.5. The van der Waals surface area contributed by atoms with Crippen molar-refractivity contribution in [2.24, 2.45) is 0 Å². The van der Waals surface area contributed by atoms with Gasteiger partial charge in [-0.3, -0.25) is 4.79 Å². The van der Waals surface area contributed by atoms with E-state index in [4.69, 9.17) is 16.3 Å². The predicted octanol–water partition coefficient (Wildman–Crippen LogP) is 5.51. The summed E-state index contributed by atoms with van der Waals surface area (Å²) in [5.74, 6) is -0.00278. The van der Waals surface area contributed by atoms with Crippen molar-refractivity contribution in [3.05, 3.63) is 101 Å². The van der Waals surface area contributed by atoms with E-state index >= 15 is 0 Å². The van der Waals surface area contributed by atoms with E-state index in [9.17, 15) is 13.2 Å². The van der Waals surface area contributed by atoms with Crippen LogP contribution < -0.4 is 9.46 Å².